The molecule has 1 N–H and O–H groups in total. The van der Waals surface area contributed by atoms with Crippen molar-refractivity contribution >= 4 is 21.6 Å². The van der Waals surface area contributed by atoms with E-state index in [2.05, 4.69) is 26.1 Å². The SMILES string of the molecule is C/C(=N/O)[C@](c1ccc(Br)cc1)(c1ccnc(C)c1)c1ccc(F)cc1F. The van der Waals surface area contributed by atoms with E-state index in [4.69, 9.17) is 0 Å². The Morgan fingerprint density at radius 1 is 1.04 bits per heavy atom. The predicted molar refractivity (Wildman–Crippen MR) is 104 cm³/mol. The molecule has 0 aliphatic heterocycles. The van der Waals surface area contributed by atoms with Gasteiger partial charge in [0.25, 0.3) is 0 Å². The third-order valence-electron chi connectivity index (χ3n) is 4.63. The molecule has 6 heteroatoms. The lowest BCUT2D eigenvalue weighted by Gasteiger charge is -2.35. The molecular formula is C21H17BrF2N2O. The highest BCUT2D eigenvalue weighted by atomic mass is 79.9. The summed E-state index contributed by atoms with van der Waals surface area (Å²) in [5.74, 6) is -1.40. The van der Waals surface area contributed by atoms with Crippen LogP contribution in [0.2, 0.25) is 0 Å². The van der Waals surface area contributed by atoms with Crippen molar-refractivity contribution in [2.24, 2.45) is 5.16 Å². The Hall–Kier alpha value is -2.60. The highest BCUT2D eigenvalue weighted by Gasteiger charge is 2.42. The average Bonchev–Trinajstić information content (AvgIpc) is 2.65. The normalized spacial score (nSPS) is 14.0. The van der Waals surface area contributed by atoms with Crippen molar-refractivity contribution in [1.29, 1.82) is 0 Å². The molecule has 0 radical (unpaired) electrons. The Kier molecular flexibility index (Phi) is 5.37. The number of pyridine rings is 1. The Morgan fingerprint density at radius 2 is 1.74 bits per heavy atom. The van der Waals surface area contributed by atoms with E-state index in [1.165, 1.54) is 12.1 Å². The second kappa shape index (κ2) is 7.56. The lowest BCUT2D eigenvalue weighted by Crippen LogP contribution is -2.38. The van der Waals surface area contributed by atoms with Gasteiger partial charge in [-0.3, -0.25) is 4.98 Å². The van der Waals surface area contributed by atoms with E-state index in [0.29, 0.717) is 11.1 Å². The zero-order valence-electron chi connectivity index (χ0n) is 14.7. The molecule has 1 atom stereocenters. The number of nitrogens with zero attached hydrogens (tertiary/aromatic N) is 2. The standard InChI is InChI=1S/C21H17BrF2N2O/c1-13-11-16(9-10-25-13)21(14(2)26-27,15-3-5-17(22)6-4-15)19-8-7-18(23)12-20(19)24/h3-12,27H,1-2H3/b26-14-/t21-/m0/s1. The molecule has 3 nitrogen and oxygen atoms in total. The lowest BCUT2D eigenvalue weighted by molar-refractivity contribution is 0.315. The minimum Gasteiger partial charge on any atom is -0.411 e. The highest BCUT2D eigenvalue weighted by molar-refractivity contribution is 9.10. The van der Waals surface area contributed by atoms with Gasteiger partial charge in [-0.2, -0.15) is 0 Å². The molecule has 0 spiro atoms. The summed E-state index contributed by atoms with van der Waals surface area (Å²) in [6.45, 7) is 3.43. The van der Waals surface area contributed by atoms with Gasteiger partial charge in [-0.05, 0) is 55.3 Å². The molecule has 0 saturated heterocycles. The molecule has 0 fully saturated rings. The van der Waals surface area contributed by atoms with Crippen molar-refractivity contribution in [3.8, 4) is 0 Å². The molecule has 3 aromatic rings. The predicted octanol–water partition coefficient (Wildman–Crippen LogP) is 5.62. The van der Waals surface area contributed by atoms with Crippen LogP contribution in [-0.4, -0.2) is 15.9 Å². The molecule has 2 aromatic carbocycles. The largest absolute Gasteiger partial charge is 0.411 e. The van der Waals surface area contributed by atoms with Crippen molar-refractivity contribution in [2.75, 3.05) is 0 Å². The number of rotatable bonds is 4. The summed E-state index contributed by atoms with van der Waals surface area (Å²) in [5.41, 5.74) is 1.26. The topological polar surface area (TPSA) is 45.5 Å². The summed E-state index contributed by atoms with van der Waals surface area (Å²) in [4.78, 5) is 4.21. The van der Waals surface area contributed by atoms with Crippen LogP contribution in [0, 0.1) is 18.6 Å². The first-order valence-corrected chi connectivity index (χ1v) is 9.02. The molecule has 0 bridgehead atoms. The second-order valence-corrected chi connectivity index (χ2v) is 7.17. The summed E-state index contributed by atoms with van der Waals surface area (Å²) < 4.78 is 29.4. The lowest BCUT2D eigenvalue weighted by atomic mass is 9.66. The minimum absolute atomic E-state index is 0.187. The number of oxime groups is 1. The van der Waals surface area contributed by atoms with E-state index >= 15 is 0 Å². The van der Waals surface area contributed by atoms with Crippen LogP contribution in [0.25, 0.3) is 0 Å². The number of aryl methyl sites for hydroxylation is 1. The number of hydrogen-bond donors (Lipinski definition) is 1. The van der Waals surface area contributed by atoms with E-state index in [-0.39, 0.29) is 11.3 Å². The van der Waals surface area contributed by atoms with E-state index in [0.717, 1.165) is 16.2 Å². The fraction of sp³-hybridized carbons (Fsp3) is 0.143. The van der Waals surface area contributed by atoms with E-state index in [1.54, 1.807) is 25.3 Å². The number of hydrogen-bond acceptors (Lipinski definition) is 3. The van der Waals surface area contributed by atoms with E-state index < -0.39 is 17.0 Å². The smallest absolute Gasteiger partial charge is 0.130 e. The molecule has 1 heterocycles. The first-order valence-electron chi connectivity index (χ1n) is 8.23. The summed E-state index contributed by atoms with van der Waals surface area (Å²) in [7, 11) is 0. The number of benzene rings is 2. The second-order valence-electron chi connectivity index (χ2n) is 6.25. The molecule has 0 unspecified atom stereocenters. The van der Waals surface area contributed by atoms with Crippen molar-refractivity contribution in [3.63, 3.8) is 0 Å². The zero-order chi connectivity index (χ0) is 19.6. The van der Waals surface area contributed by atoms with E-state index in [1.807, 2.05) is 31.2 Å². The Morgan fingerprint density at radius 3 is 2.33 bits per heavy atom. The minimum atomic E-state index is -1.25. The summed E-state index contributed by atoms with van der Waals surface area (Å²) in [5, 5.41) is 13.1. The zero-order valence-corrected chi connectivity index (χ0v) is 16.3. The van der Waals surface area contributed by atoms with Crippen molar-refractivity contribution in [2.45, 2.75) is 19.3 Å². The molecule has 0 aliphatic carbocycles. The quantitative estimate of drug-likeness (QED) is 0.331. The molecule has 3 rings (SSSR count). The van der Waals surface area contributed by atoms with Crippen LogP contribution in [0.1, 0.15) is 29.3 Å². The first kappa shape index (κ1) is 19.2. The van der Waals surface area contributed by atoms with Gasteiger partial charge in [-0.15, -0.1) is 0 Å². The van der Waals surface area contributed by atoms with Gasteiger partial charge < -0.3 is 5.21 Å². The average molecular weight is 431 g/mol. The maximum absolute atomic E-state index is 15.0. The Balaban J connectivity index is 2.47. The third kappa shape index (κ3) is 3.37. The molecule has 0 aliphatic rings. The fourth-order valence-corrected chi connectivity index (χ4v) is 3.70. The summed E-state index contributed by atoms with van der Waals surface area (Å²) in [6, 6.07) is 14.2. The van der Waals surface area contributed by atoms with Gasteiger partial charge >= 0.3 is 0 Å². The fourth-order valence-electron chi connectivity index (χ4n) is 3.44. The highest BCUT2D eigenvalue weighted by Crippen LogP contribution is 2.42. The maximum Gasteiger partial charge on any atom is 0.130 e. The molecule has 0 saturated carbocycles. The van der Waals surface area contributed by atoms with Crippen LogP contribution in [0.4, 0.5) is 8.78 Å². The van der Waals surface area contributed by atoms with Gasteiger partial charge in [0.1, 0.15) is 11.6 Å². The van der Waals surface area contributed by atoms with Crippen LogP contribution in [-0.2, 0) is 5.41 Å². The first-order chi connectivity index (χ1) is 12.9. The van der Waals surface area contributed by atoms with Crippen LogP contribution >= 0.6 is 15.9 Å². The van der Waals surface area contributed by atoms with Crippen molar-refractivity contribution in [1.82, 2.24) is 4.98 Å². The molecule has 1 aromatic heterocycles. The maximum atomic E-state index is 15.0. The van der Waals surface area contributed by atoms with Gasteiger partial charge in [0.2, 0.25) is 0 Å². The van der Waals surface area contributed by atoms with Crippen LogP contribution in [0.5, 0.6) is 0 Å². The summed E-state index contributed by atoms with van der Waals surface area (Å²) >= 11 is 3.40. The van der Waals surface area contributed by atoms with Gasteiger partial charge in [0.15, 0.2) is 0 Å². The van der Waals surface area contributed by atoms with Gasteiger partial charge in [-0.1, -0.05) is 39.3 Å². The molecular weight excluding hydrogens is 414 g/mol. The van der Waals surface area contributed by atoms with Gasteiger partial charge in [-0.25, -0.2) is 8.78 Å². The monoisotopic (exact) mass is 430 g/mol. The third-order valence-corrected chi connectivity index (χ3v) is 5.16. The molecule has 138 valence electrons. The molecule has 0 amide bonds. The van der Waals surface area contributed by atoms with E-state index in [9.17, 15) is 14.0 Å². The Labute approximate surface area is 164 Å². The Bertz CT molecular complexity index is 1010. The summed E-state index contributed by atoms with van der Waals surface area (Å²) in [6.07, 6.45) is 1.62. The van der Waals surface area contributed by atoms with Crippen LogP contribution < -0.4 is 0 Å². The van der Waals surface area contributed by atoms with Gasteiger partial charge in [0.05, 0.1) is 11.1 Å². The number of aromatic nitrogens is 1. The van der Waals surface area contributed by atoms with Crippen molar-refractivity contribution < 1.29 is 14.0 Å². The molecule has 27 heavy (non-hydrogen) atoms. The van der Waals surface area contributed by atoms with Crippen molar-refractivity contribution in [3.05, 3.63) is 99.3 Å². The van der Waals surface area contributed by atoms with Crippen LogP contribution in [0.15, 0.2) is 70.4 Å². The van der Waals surface area contributed by atoms with Crippen LogP contribution in [0.3, 0.4) is 0 Å². The van der Waals surface area contributed by atoms with Gasteiger partial charge in [0, 0.05) is 28.0 Å². The number of halogens is 3.